The average Bonchev–Trinajstić information content (AvgIpc) is 3.00. The Balaban J connectivity index is 1.92. The molecule has 1 N–H and O–H groups in total. The molecule has 2 saturated heterocycles. The Morgan fingerprint density at radius 2 is 1.95 bits per heavy atom. The molecular weight excluding hydrogens is 344 g/mol. The zero-order valence-corrected chi connectivity index (χ0v) is 13.6. The fourth-order valence-electron chi connectivity index (χ4n) is 2.96. The van der Waals surface area contributed by atoms with Crippen LogP contribution in [-0.2, 0) is 10.0 Å². The van der Waals surface area contributed by atoms with E-state index in [1.165, 1.54) is 7.11 Å². The van der Waals surface area contributed by atoms with E-state index in [4.69, 9.17) is 4.74 Å². The van der Waals surface area contributed by atoms with E-state index in [9.17, 15) is 8.42 Å². The van der Waals surface area contributed by atoms with Gasteiger partial charge in [0.2, 0.25) is 10.0 Å². The number of ether oxygens (including phenoxy) is 1. The molecule has 110 valence electrons. The number of sulfonamides is 1. The fraction of sp³-hybridized carbons (Fsp3) is 0.538. The number of benzene rings is 1. The average molecular weight is 361 g/mol. The summed E-state index contributed by atoms with van der Waals surface area (Å²) in [4.78, 5) is 0.282. The lowest BCUT2D eigenvalue weighted by atomic mass is 10.0. The largest absolute Gasteiger partial charge is 0.497 e. The van der Waals surface area contributed by atoms with Crippen LogP contribution in [0.1, 0.15) is 0 Å². The van der Waals surface area contributed by atoms with E-state index < -0.39 is 10.0 Å². The van der Waals surface area contributed by atoms with E-state index in [0.29, 0.717) is 35.1 Å². The van der Waals surface area contributed by atoms with E-state index >= 15 is 0 Å². The van der Waals surface area contributed by atoms with Crippen molar-refractivity contribution in [2.24, 2.45) is 11.8 Å². The second-order valence-corrected chi connectivity index (χ2v) is 8.06. The van der Waals surface area contributed by atoms with E-state index in [1.807, 2.05) is 0 Å². The van der Waals surface area contributed by atoms with Crippen LogP contribution in [0.25, 0.3) is 0 Å². The number of hydrogen-bond acceptors (Lipinski definition) is 4. The molecule has 0 aromatic heterocycles. The molecule has 0 amide bonds. The number of nitrogens with one attached hydrogen (secondary N) is 1. The smallest absolute Gasteiger partial charge is 0.244 e. The Labute approximate surface area is 127 Å². The molecule has 3 rings (SSSR count). The van der Waals surface area contributed by atoms with E-state index in [1.54, 1.807) is 22.5 Å². The molecule has 1 aromatic carbocycles. The number of halogens is 1. The number of fused-ring (bicyclic) bond motifs is 1. The minimum atomic E-state index is -3.47. The third-order valence-electron chi connectivity index (χ3n) is 4.11. The maximum atomic E-state index is 12.8. The van der Waals surface area contributed by atoms with Gasteiger partial charge < -0.3 is 10.1 Å². The van der Waals surface area contributed by atoms with Crippen molar-refractivity contribution >= 4 is 26.0 Å². The van der Waals surface area contributed by atoms with E-state index in [-0.39, 0.29) is 4.90 Å². The van der Waals surface area contributed by atoms with Gasteiger partial charge in [0.25, 0.3) is 0 Å². The molecule has 1 aromatic rings. The summed E-state index contributed by atoms with van der Waals surface area (Å²) in [6.45, 7) is 3.03. The minimum Gasteiger partial charge on any atom is -0.497 e. The number of rotatable bonds is 3. The van der Waals surface area contributed by atoms with Gasteiger partial charge in [-0.3, -0.25) is 0 Å². The topological polar surface area (TPSA) is 58.6 Å². The van der Waals surface area contributed by atoms with Crippen LogP contribution >= 0.6 is 15.9 Å². The Hall–Kier alpha value is -0.630. The highest BCUT2D eigenvalue weighted by Crippen LogP contribution is 2.34. The molecule has 7 heteroatoms. The maximum Gasteiger partial charge on any atom is 0.244 e. The molecule has 0 unspecified atom stereocenters. The highest BCUT2D eigenvalue weighted by molar-refractivity contribution is 9.10. The Morgan fingerprint density at radius 3 is 2.55 bits per heavy atom. The molecule has 2 aliphatic heterocycles. The van der Waals surface area contributed by atoms with Crippen molar-refractivity contribution in [1.82, 2.24) is 9.62 Å². The lowest BCUT2D eigenvalue weighted by molar-refractivity contribution is 0.412. The summed E-state index contributed by atoms with van der Waals surface area (Å²) in [6.07, 6.45) is 0. The van der Waals surface area contributed by atoms with Crippen LogP contribution in [-0.4, -0.2) is 46.0 Å². The third kappa shape index (κ3) is 2.36. The highest BCUT2D eigenvalue weighted by atomic mass is 79.9. The third-order valence-corrected chi connectivity index (χ3v) is 6.94. The van der Waals surface area contributed by atoms with E-state index in [0.717, 1.165) is 13.1 Å². The molecule has 5 nitrogen and oxygen atoms in total. The molecule has 2 atom stereocenters. The lowest BCUT2D eigenvalue weighted by Crippen LogP contribution is -2.32. The van der Waals surface area contributed by atoms with Crippen LogP contribution in [0.5, 0.6) is 5.75 Å². The summed E-state index contributed by atoms with van der Waals surface area (Å²) in [6, 6.07) is 5.03. The summed E-state index contributed by atoms with van der Waals surface area (Å²) >= 11 is 3.33. The lowest BCUT2D eigenvalue weighted by Gasteiger charge is -2.18. The summed E-state index contributed by atoms with van der Waals surface area (Å²) in [5, 5.41) is 3.31. The molecule has 0 bridgehead atoms. The summed E-state index contributed by atoms with van der Waals surface area (Å²) < 4.78 is 32.9. The first-order valence-electron chi connectivity index (χ1n) is 6.57. The van der Waals surface area contributed by atoms with Gasteiger partial charge in [-0.15, -0.1) is 0 Å². The maximum absolute atomic E-state index is 12.8. The van der Waals surface area contributed by atoms with Gasteiger partial charge in [0.1, 0.15) is 10.6 Å². The predicted molar refractivity (Wildman–Crippen MR) is 79.3 cm³/mol. The monoisotopic (exact) mass is 360 g/mol. The van der Waals surface area contributed by atoms with Gasteiger partial charge in [-0.1, -0.05) is 0 Å². The molecule has 0 radical (unpaired) electrons. The summed E-state index contributed by atoms with van der Waals surface area (Å²) in [5.74, 6) is 1.43. The first kappa shape index (κ1) is 14.3. The highest BCUT2D eigenvalue weighted by Gasteiger charge is 2.42. The SMILES string of the molecule is COc1ccc(Br)c(S(=O)(=O)N2C[C@H]3CNC[C@H]3C2)c1. The van der Waals surface area contributed by atoms with Crippen molar-refractivity contribution in [2.45, 2.75) is 4.90 Å². The van der Waals surface area contributed by atoms with Crippen molar-refractivity contribution in [1.29, 1.82) is 0 Å². The first-order chi connectivity index (χ1) is 9.52. The van der Waals surface area contributed by atoms with Crippen LogP contribution in [0, 0.1) is 11.8 Å². The van der Waals surface area contributed by atoms with Crippen molar-refractivity contribution < 1.29 is 13.2 Å². The summed E-state index contributed by atoms with van der Waals surface area (Å²) in [5.41, 5.74) is 0. The van der Waals surface area contributed by atoms with Gasteiger partial charge in [0.15, 0.2) is 0 Å². The van der Waals surface area contributed by atoms with Crippen molar-refractivity contribution in [3.63, 3.8) is 0 Å². The Bertz CT molecular complexity index is 608. The number of methoxy groups -OCH3 is 1. The van der Waals surface area contributed by atoms with Crippen LogP contribution in [0.4, 0.5) is 0 Å². The second-order valence-electron chi connectivity index (χ2n) is 5.30. The summed E-state index contributed by atoms with van der Waals surface area (Å²) in [7, 11) is -1.93. The van der Waals surface area contributed by atoms with Gasteiger partial charge >= 0.3 is 0 Å². The molecule has 0 saturated carbocycles. The molecular formula is C13H17BrN2O3S. The van der Waals surface area contributed by atoms with Crippen molar-refractivity contribution in [3.8, 4) is 5.75 Å². The van der Waals surface area contributed by atoms with Crippen LogP contribution in [0.15, 0.2) is 27.6 Å². The predicted octanol–water partition coefficient (Wildman–Crippen LogP) is 1.30. The first-order valence-corrected chi connectivity index (χ1v) is 8.80. The standard InChI is InChI=1S/C13H17BrN2O3S/c1-19-11-2-3-12(14)13(4-11)20(17,18)16-7-9-5-15-6-10(9)8-16/h2-4,9-10,15H,5-8H2,1H3/t9-,10+. The minimum absolute atomic E-state index is 0.282. The van der Waals surface area contributed by atoms with Gasteiger partial charge in [0.05, 0.1) is 7.11 Å². The molecule has 2 fully saturated rings. The van der Waals surface area contributed by atoms with Gasteiger partial charge in [0, 0.05) is 23.6 Å². The Kier molecular flexibility index (Phi) is 3.79. The fourth-order valence-corrected chi connectivity index (χ4v) is 5.45. The molecule has 20 heavy (non-hydrogen) atoms. The normalized spacial score (nSPS) is 26.7. The quantitative estimate of drug-likeness (QED) is 0.882. The van der Waals surface area contributed by atoms with Crippen LogP contribution < -0.4 is 10.1 Å². The second kappa shape index (κ2) is 5.29. The van der Waals surface area contributed by atoms with E-state index in [2.05, 4.69) is 21.2 Å². The molecule has 0 spiro atoms. The van der Waals surface area contributed by atoms with Crippen LogP contribution in [0.2, 0.25) is 0 Å². The molecule has 2 heterocycles. The van der Waals surface area contributed by atoms with Gasteiger partial charge in [-0.25, -0.2) is 8.42 Å². The van der Waals surface area contributed by atoms with Crippen molar-refractivity contribution in [2.75, 3.05) is 33.3 Å². The molecule has 2 aliphatic rings. The zero-order valence-electron chi connectivity index (χ0n) is 11.2. The van der Waals surface area contributed by atoms with Gasteiger partial charge in [-0.2, -0.15) is 4.31 Å². The van der Waals surface area contributed by atoms with Gasteiger partial charge in [-0.05, 0) is 53.0 Å². The zero-order chi connectivity index (χ0) is 14.3. The number of hydrogen-bond donors (Lipinski definition) is 1. The van der Waals surface area contributed by atoms with Crippen molar-refractivity contribution in [3.05, 3.63) is 22.7 Å². The molecule has 0 aliphatic carbocycles. The van der Waals surface area contributed by atoms with Crippen LogP contribution in [0.3, 0.4) is 0 Å². The number of nitrogens with zero attached hydrogens (tertiary/aromatic N) is 1. The Morgan fingerprint density at radius 1 is 1.30 bits per heavy atom.